The fourth-order valence-electron chi connectivity index (χ4n) is 2.05. The van der Waals surface area contributed by atoms with E-state index < -0.39 is 5.97 Å². The molecule has 3 N–H and O–H groups in total. The summed E-state index contributed by atoms with van der Waals surface area (Å²) in [6.07, 6.45) is 0.488. The van der Waals surface area contributed by atoms with Gasteiger partial charge in [0.05, 0.1) is 6.42 Å². The van der Waals surface area contributed by atoms with Crippen LogP contribution in [0.4, 0.5) is 5.69 Å². The van der Waals surface area contributed by atoms with Gasteiger partial charge in [-0.25, -0.2) is 4.79 Å². The van der Waals surface area contributed by atoms with Crippen LogP contribution >= 0.6 is 0 Å². The number of carbonyl (C=O) groups is 2. The molecule has 0 saturated heterocycles. The number of carbonyl (C=O) groups excluding carboxylic acids is 2. The van der Waals surface area contributed by atoms with E-state index in [-0.39, 0.29) is 18.2 Å². The Morgan fingerprint density at radius 3 is 2.25 bits per heavy atom. The van der Waals surface area contributed by atoms with Crippen LogP contribution in [0.15, 0.2) is 59.8 Å². The molecular formula is C18H19N3O3. The van der Waals surface area contributed by atoms with Gasteiger partial charge in [-0.05, 0) is 23.3 Å². The SMILES string of the molecule is CC(=O)Nc1ccc(C/C(N)=N/OC(=O)Cc2ccccc2)cc1. The Labute approximate surface area is 140 Å². The first-order chi connectivity index (χ1) is 11.5. The van der Waals surface area contributed by atoms with Crippen LogP contribution in [-0.4, -0.2) is 17.7 Å². The number of nitrogens with zero attached hydrogens (tertiary/aromatic N) is 1. The normalized spacial score (nSPS) is 11.0. The molecule has 0 unspecified atom stereocenters. The second-order valence-electron chi connectivity index (χ2n) is 5.26. The summed E-state index contributed by atoms with van der Waals surface area (Å²) in [5, 5.41) is 6.34. The van der Waals surface area contributed by atoms with Gasteiger partial charge in [0.2, 0.25) is 5.91 Å². The maximum Gasteiger partial charge on any atom is 0.339 e. The largest absolute Gasteiger partial charge is 0.384 e. The van der Waals surface area contributed by atoms with E-state index in [1.807, 2.05) is 42.5 Å². The van der Waals surface area contributed by atoms with E-state index in [0.29, 0.717) is 12.1 Å². The number of nitrogens with two attached hydrogens (primary N) is 1. The summed E-state index contributed by atoms with van der Waals surface area (Å²) in [5.41, 5.74) is 8.22. The molecule has 6 nitrogen and oxygen atoms in total. The molecule has 0 aromatic heterocycles. The predicted molar refractivity (Wildman–Crippen MR) is 92.3 cm³/mol. The molecule has 24 heavy (non-hydrogen) atoms. The van der Waals surface area contributed by atoms with Gasteiger partial charge in [0, 0.05) is 19.0 Å². The van der Waals surface area contributed by atoms with Gasteiger partial charge in [0.1, 0.15) is 5.84 Å². The second-order valence-corrected chi connectivity index (χ2v) is 5.26. The topological polar surface area (TPSA) is 93.8 Å². The molecule has 0 heterocycles. The minimum Gasteiger partial charge on any atom is -0.384 e. The highest BCUT2D eigenvalue weighted by Gasteiger charge is 2.05. The van der Waals surface area contributed by atoms with Crippen LogP contribution in [0, 0.1) is 0 Å². The van der Waals surface area contributed by atoms with Crippen LogP contribution < -0.4 is 11.1 Å². The number of anilines is 1. The summed E-state index contributed by atoms with van der Waals surface area (Å²) >= 11 is 0. The van der Waals surface area contributed by atoms with Crippen LogP contribution in [0.5, 0.6) is 0 Å². The summed E-state index contributed by atoms with van der Waals surface area (Å²) in [6, 6.07) is 16.4. The first-order valence-electron chi connectivity index (χ1n) is 7.45. The molecule has 0 fully saturated rings. The Morgan fingerprint density at radius 2 is 1.62 bits per heavy atom. The van der Waals surface area contributed by atoms with Crippen molar-refractivity contribution in [3.63, 3.8) is 0 Å². The molecule has 1 amide bonds. The molecule has 0 atom stereocenters. The maximum atomic E-state index is 11.7. The van der Waals surface area contributed by atoms with Crippen LogP contribution in [0.25, 0.3) is 0 Å². The van der Waals surface area contributed by atoms with E-state index in [2.05, 4.69) is 10.5 Å². The predicted octanol–water partition coefficient (Wildman–Crippen LogP) is 2.25. The summed E-state index contributed by atoms with van der Waals surface area (Å²) in [6.45, 7) is 1.45. The number of rotatable bonds is 6. The lowest BCUT2D eigenvalue weighted by Crippen LogP contribution is -2.17. The Kier molecular flexibility index (Phi) is 6.08. The van der Waals surface area contributed by atoms with Crippen LogP contribution in [-0.2, 0) is 27.3 Å². The number of hydrogen-bond acceptors (Lipinski definition) is 4. The highest BCUT2D eigenvalue weighted by atomic mass is 16.7. The first kappa shape index (κ1) is 17.2. The molecule has 6 heteroatoms. The molecule has 0 spiro atoms. The molecule has 2 aromatic rings. The lowest BCUT2D eigenvalue weighted by Gasteiger charge is -2.04. The Morgan fingerprint density at radius 1 is 1.00 bits per heavy atom. The van der Waals surface area contributed by atoms with Gasteiger partial charge in [-0.15, -0.1) is 0 Å². The molecule has 124 valence electrons. The van der Waals surface area contributed by atoms with Crippen LogP contribution in [0.1, 0.15) is 18.1 Å². The standard InChI is InChI=1S/C18H19N3O3/c1-13(22)20-16-9-7-15(8-10-16)11-17(19)21-24-18(23)12-14-5-3-2-4-6-14/h2-10H,11-12H2,1H3,(H2,19,21)(H,20,22). The maximum absolute atomic E-state index is 11.7. The van der Waals surface area contributed by atoms with Crippen molar-refractivity contribution in [2.45, 2.75) is 19.8 Å². The van der Waals surface area contributed by atoms with Gasteiger partial charge in [-0.3, -0.25) is 4.79 Å². The van der Waals surface area contributed by atoms with Crippen molar-refractivity contribution in [2.75, 3.05) is 5.32 Å². The lowest BCUT2D eigenvalue weighted by atomic mass is 10.1. The molecule has 2 aromatic carbocycles. The zero-order chi connectivity index (χ0) is 17.4. The zero-order valence-electron chi connectivity index (χ0n) is 13.4. The Bertz CT molecular complexity index is 725. The van der Waals surface area contributed by atoms with E-state index in [9.17, 15) is 9.59 Å². The monoisotopic (exact) mass is 325 g/mol. The molecular weight excluding hydrogens is 306 g/mol. The average molecular weight is 325 g/mol. The minimum absolute atomic E-state index is 0.130. The van der Waals surface area contributed by atoms with Gasteiger partial charge in [0.15, 0.2) is 0 Å². The molecule has 0 saturated carbocycles. The van der Waals surface area contributed by atoms with Gasteiger partial charge in [-0.2, -0.15) is 0 Å². The fraction of sp³-hybridized carbons (Fsp3) is 0.167. The lowest BCUT2D eigenvalue weighted by molar-refractivity contribution is -0.142. The number of oxime groups is 1. The van der Waals surface area contributed by atoms with E-state index in [1.165, 1.54) is 6.92 Å². The van der Waals surface area contributed by atoms with Gasteiger partial charge < -0.3 is 15.9 Å². The van der Waals surface area contributed by atoms with Crippen molar-refractivity contribution >= 4 is 23.4 Å². The molecule has 0 bridgehead atoms. The summed E-state index contributed by atoms with van der Waals surface area (Å²) in [5.74, 6) is -0.400. The van der Waals surface area contributed by atoms with Crippen molar-refractivity contribution in [1.29, 1.82) is 0 Å². The molecule has 0 aliphatic carbocycles. The number of benzene rings is 2. The zero-order valence-corrected chi connectivity index (χ0v) is 13.4. The van der Waals surface area contributed by atoms with E-state index in [1.54, 1.807) is 12.1 Å². The molecule has 0 aliphatic heterocycles. The quantitative estimate of drug-likeness (QED) is 0.369. The minimum atomic E-state index is -0.467. The van der Waals surface area contributed by atoms with Gasteiger partial charge in [0.25, 0.3) is 0 Å². The third-order valence-electron chi connectivity index (χ3n) is 3.12. The summed E-state index contributed by atoms with van der Waals surface area (Å²) in [4.78, 5) is 27.5. The van der Waals surface area contributed by atoms with Gasteiger partial charge >= 0.3 is 5.97 Å². The summed E-state index contributed by atoms with van der Waals surface area (Å²) in [7, 11) is 0. The number of hydrogen-bond donors (Lipinski definition) is 2. The van der Waals surface area contributed by atoms with E-state index in [0.717, 1.165) is 11.1 Å². The number of nitrogens with one attached hydrogen (secondary N) is 1. The van der Waals surface area contributed by atoms with Crippen molar-refractivity contribution in [3.05, 3.63) is 65.7 Å². The molecule has 0 aliphatic rings. The van der Waals surface area contributed by atoms with Crippen molar-refractivity contribution in [2.24, 2.45) is 10.9 Å². The van der Waals surface area contributed by atoms with E-state index >= 15 is 0 Å². The fourth-order valence-corrected chi connectivity index (χ4v) is 2.05. The Hall–Kier alpha value is -3.15. The van der Waals surface area contributed by atoms with Crippen LogP contribution in [0.2, 0.25) is 0 Å². The van der Waals surface area contributed by atoms with Crippen molar-refractivity contribution in [3.8, 4) is 0 Å². The van der Waals surface area contributed by atoms with Crippen molar-refractivity contribution in [1.82, 2.24) is 0 Å². The highest BCUT2D eigenvalue weighted by molar-refractivity contribution is 5.88. The van der Waals surface area contributed by atoms with Crippen LogP contribution in [0.3, 0.4) is 0 Å². The average Bonchev–Trinajstić information content (AvgIpc) is 2.55. The number of amidine groups is 1. The Balaban J connectivity index is 1.85. The third-order valence-corrected chi connectivity index (χ3v) is 3.12. The first-order valence-corrected chi connectivity index (χ1v) is 7.45. The highest BCUT2D eigenvalue weighted by Crippen LogP contribution is 2.10. The van der Waals surface area contributed by atoms with Gasteiger partial charge in [-0.1, -0.05) is 47.6 Å². The van der Waals surface area contributed by atoms with E-state index in [4.69, 9.17) is 10.6 Å². The number of amides is 1. The van der Waals surface area contributed by atoms with Crippen molar-refractivity contribution < 1.29 is 14.4 Å². The summed E-state index contributed by atoms with van der Waals surface area (Å²) < 4.78 is 0. The smallest absolute Gasteiger partial charge is 0.339 e. The molecule has 0 radical (unpaired) electrons. The molecule has 2 rings (SSSR count). The third kappa shape index (κ3) is 5.92. The second kappa shape index (κ2) is 8.47.